The molecule has 1 fully saturated rings. The van der Waals surface area contributed by atoms with Crippen molar-refractivity contribution in [1.82, 2.24) is 0 Å². The molecule has 0 saturated carbocycles. The topological polar surface area (TPSA) is 9.23 Å². The zero-order valence-electron chi connectivity index (χ0n) is 8.73. The first kappa shape index (κ1) is 11.3. The molecule has 13 heavy (non-hydrogen) atoms. The molecule has 0 bridgehead atoms. The van der Waals surface area contributed by atoms with Gasteiger partial charge in [-0.25, -0.2) is 8.78 Å². The second kappa shape index (κ2) is 3.44. The summed E-state index contributed by atoms with van der Waals surface area (Å²) in [6.45, 7) is 7.73. The monoisotopic (exact) mass is 224 g/mol. The van der Waals surface area contributed by atoms with Crippen molar-refractivity contribution in [2.45, 2.75) is 51.2 Å². The summed E-state index contributed by atoms with van der Waals surface area (Å²) in [5.74, 6) is 0. The van der Waals surface area contributed by atoms with E-state index in [0.29, 0.717) is 0 Å². The van der Waals surface area contributed by atoms with Crippen LogP contribution < -0.4 is 0 Å². The van der Waals surface area contributed by atoms with Crippen LogP contribution in [0.1, 0.15) is 13.3 Å². The molecule has 0 aromatic rings. The van der Waals surface area contributed by atoms with Gasteiger partial charge < -0.3 is 4.43 Å². The Kier molecular flexibility index (Phi) is 2.99. The van der Waals surface area contributed by atoms with Gasteiger partial charge in [0.1, 0.15) is 0 Å². The maximum absolute atomic E-state index is 12.9. The summed E-state index contributed by atoms with van der Waals surface area (Å²) in [6, 6.07) is -1.37. The van der Waals surface area contributed by atoms with Gasteiger partial charge in [-0.05, 0) is 32.5 Å². The van der Waals surface area contributed by atoms with Crippen molar-refractivity contribution in [3.63, 3.8) is 0 Å². The van der Waals surface area contributed by atoms with Crippen molar-refractivity contribution in [2.75, 3.05) is 0 Å². The van der Waals surface area contributed by atoms with Crippen LogP contribution in [0.25, 0.3) is 0 Å². The van der Waals surface area contributed by atoms with Gasteiger partial charge in [0.15, 0.2) is 15.4 Å². The number of rotatable bonds is 1. The van der Waals surface area contributed by atoms with Gasteiger partial charge >= 0.3 is 0 Å². The normalized spacial score (nSPS) is 39.5. The fourth-order valence-electron chi connectivity index (χ4n) is 1.87. The van der Waals surface area contributed by atoms with Crippen molar-refractivity contribution >= 4 is 15.4 Å². The molecule has 1 saturated heterocycles. The lowest BCUT2D eigenvalue weighted by Gasteiger charge is -2.45. The van der Waals surface area contributed by atoms with Gasteiger partial charge in [0.05, 0.1) is 0 Å². The largest absolute Gasteiger partial charge is 0.417 e. The van der Waals surface area contributed by atoms with Crippen molar-refractivity contribution < 1.29 is 13.2 Å². The summed E-state index contributed by atoms with van der Waals surface area (Å²) >= 11 is 0. The van der Waals surface area contributed by atoms with Gasteiger partial charge in [0.2, 0.25) is 6.05 Å². The molecular formula is C8H18F2OSi2. The first-order valence-electron chi connectivity index (χ1n) is 4.75. The Hall–Kier alpha value is 0.254. The molecule has 0 aliphatic carbocycles. The van der Waals surface area contributed by atoms with E-state index in [9.17, 15) is 8.78 Å². The molecule has 1 aliphatic rings. The van der Waals surface area contributed by atoms with E-state index >= 15 is 0 Å². The van der Waals surface area contributed by atoms with Crippen LogP contribution in [0.15, 0.2) is 0 Å². The van der Waals surface area contributed by atoms with Crippen LogP contribution in [-0.4, -0.2) is 27.6 Å². The Labute approximate surface area is 80.4 Å². The predicted octanol–water partition coefficient (Wildman–Crippen LogP) is 2.96. The van der Waals surface area contributed by atoms with E-state index in [4.69, 9.17) is 4.43 Å². The van der Waals surface area contributed by atoms with E-state index in [1.165, 1.54) is 0 Å². The Morgan fingerprint density at radius 2 is 1.85 bits per heavy atom. The van der Waals surface area contributed by atoms with Gasteiger partial charge in [-0.1, -0.05) is 6.55 Å². The zero-order chi connectivity index (χ0) is 10.3. The Balaban J connectivity index is 2.86. The lowest BCUT2D eigenvalue weighted by atomic mass is 10.3. The molecule has 0 spiro atoms. The summed E-state index contributed by atoms with van der Waals surface area (Å²) in [5.41, 5.74) is 0. The van der Waals surface area contributed by atoms with Crippen LogP contribution >= 0.6 is 0 Å². The first-order chi connectivity index (χ1) is 5.79. The van der Waals surface area contributed by atoms with E-state index in [0.717, 1.165) is 12.5 Å². The van der Waals surface area contributed by atoms with E-state index in [1.807, 2.05) is 26.6 Å². The number of hydrogen-bond acceptors (Lipinski definition) is 1. The van der Waals surface area contributed by atoms with Crippen molar-refractivity contribution in [1.29, 1.82) is 0 Å². The van der Waals surface area contributed by atoms with E-state index in [-0.39, 0.29) is 6.10 Å². The second-order valence-electron chi connectivity index (χ2n) is 4.70. The molecule has 1 nitrogen and oxygen atoms in total. The molecule has 0 radical (unpaired) electrons. The standard InChI is InChI=1S/C8H18F2OSi2/c1-7-5-6-13(4,8(9)10)12(2,3)11-7/h7-8H,5-6H2,1-4H3. The fraction of sp³-hybridized carbons (Fsp3) is 1.00. The zero-order valence-corrected chi connectivity index (χ0v) is 10.7. The van der Waals surface area contributed by atoms with Crippen molar-refractivity contribution in [3.05, 3.63) is 0 Å². The van der Waals surface area contributed by atoms with Gasteiger partial charge in [-0.2, -0.15) is 0 Å². The molecule has 1 aliphatic heterocycles. The maximum Gasteiger partial charge on any atom is 0.221 e. The van der Waals surface area contributed by atoms with Crippen LogP contribution in [0, 0.1) is 0 Å². The van der Waals surface area contributed by atoms with E-state index in [1.54, 1.807) is 0 Å². The van der Waals surface area contributed by atoms with Crippen LogP contribution in [0.3, 0.4) is 0 Å². The van der Waals surface area contributed by atoms with Crippen LogP contribution in [0.4, 0.5) is 8.78 Å². The minimum atomic E-state index is -2.40. The third-order valence-electron chi connectivity index (χ3n) is 3.42. The SMILES string of the molecule is CC1CC[Si](C)(C(F)F)[Si](C)(C)O1. The Morgan fingerprint density at radius 3 is 2.23 bits per heavy atom. The lowest BCUT2D eigenvalue weighted by Crippen LogP contribution is -2.67. The van der Waals surface area contributed by atoms with Crippen LogP contribution in [-0.2, 0) is 4.43 Å². The molecule has 0 N–H and O–H groups in total. The summed E-state index contributed by atoms with van der Waals surface area (Å²) in [4.78, 5) is 0. The van der Waals surface area contributed by atoms with Crippen LogP contribution in [0.2, 0.25) is 25.7 Å². The molecule has 2 unspecified atom stereocenters. The molecular weight excluding hydrogens is 206 g/mol. The fourth-order valence-corrected chi connectivity index (χ4v) is 10.8. The summed E-state index contributed by atoms with van der Waals surface area (Å²) < 4.78 is 31.7. The molecule has 0 amide bonds. The second-order valence-corrected chi connectivity index (χ2v) is 18.8. The van der Waals surface area contributed by atoms with Crippen molar-refractivity contribution in [3.8, 4) is 0 Å². The summed E-state index contributed by atoms with van der Waals surface area (Å²) in [5, 5.41) is 0. The van der Waals surface area contributed by atoms with Gasteiger partial charge in [-0.3, -0.25) is 0 Å². The highest BCUT2D eigenvalue weighted by Crippen LogP contribution is 2.37. The molecule has 0 aromatic carbocycles. The third kappa shape index (κ3) is 1.87. The molecule has 5 heteroatoms. The van der Waals surface area contributed by atoms with Crippen LogP contribution in [0.5, 0.6) is 0 Å². The van der Waals surface area contributed by atoms with E-state index in [2.05, 4.69) is 0 Å². The minimum Gasteiger partial charge on any atom is -0.417 e. The third-order valence-corrected chi connectivity index (χ3v) is 19.5. The van der Waals surface area contributed by atoms with Gasteiger partial charge in [0.25, 0.3) is 0 Å². The highest BCUT2D eigenvalue weighted by Gasteiger charge is 2.56. The first-order valence-corrected chi connectivity index (χ1v) is 11.4. The predicted molar refractivity (Wildman–Crippen MR) is 55.1 cm³/mol. The number of alkyl halides is 2. The summed E-state index contributed by atoms with van der Waals surface area (Å²) in [7, 11) is -4.48. The highest BCUT2D eigenvalue weighted by molar-refractivity contribution is 7.39. The average Bonchev–Trinajstić information content (AvgIpc) is 1.96. The molecule has 78 valence electrons. The molecule has 1 rings (SSSR count). The summed E-state index contributed by atoms with van der Waals surface area (Å²) in [6.07, 6.45) is 1.02. The number of halogens is 2. The van der Waals surface area contributed by atoms with Crippen molar-refractivity contribution in [2.24, 2.45) is 0 Å². The maximum atomic E-state index is 12.9. The molecule has 1 heterocycles. The van der Waals surface area contributed by atoms with Gasteiger partial charge in [-0.15, -0.1) is 0 Å². The Morgan fingerprint density at radius 1 is 1.31 bits per heavy atom. The highest BCUT2D eigenvalue weighted by atomic mass is 29.3. The average molecular weight is 224 g/mol. The van der Waals surface area contributed by atoms with Gasteiger partial charge in [0, 0.05) is 6.10 Å². The van der Waals surface area contributed by atoms with E-state index < -0.39 is 21.5 Å². The lowest BCUT2D eigenvalue weighted by molar-refractivity contribution is 0.186. The number of hydrogen-bond donors (Lipinski definition) is 0. The molecule has 0 aromatic heterocycles. The quantitative estimate of drug-likeness (QED) is 0.622. The smallest absolute Gasteiger partial charge is 0.221 e. The Bertz CT molecular complexity index is 199. The minimum absolute atomic E-state index is 0.195. The molecule has 2 atom stereocenters.